The van der Waals surface area contributed by atoms with Crippen molar-refractivity contribution in [3.05, 3.63) is 29.8 Å². The lowest BCUT2D eigenvalue weighted by molar-refractivity contribution is -0.144. The Labute approximate surface area is 143 Å². The van der Waals surface area contributed by atoms with Gasteiger partial charge in [-0.3, -0.25) is 9.59 Å². The van der Waals surface area contributed by atoms with Gasteiger partial charge in [-0.15, -0.1) is 0 Å². The molecular formula is C20H25NO3. The van der Waals surface area contributed by atoms with E-state index in [-0.39, 0.29) is 11.9 Å². The Balaban J connectivity index is 1.27. The molecule has 24 heavy (non-hydrogen) atoms. The molecule has 1 aromatic rings. The predicted molar refractivity (Wildman–Crippen MR) is 91.6 cm³/mol. The Bertz CT molecular complexity index is 624. The van der Waals surface area contributed by atoms with Crippen molar-refractivity contribution in [1.82, 2.24) is 0 Å². The maximum Gasteiger partial charge on any atom is 0.310 e. The van der Waals surface area contributed by atoms with Crippen LogP contribution in [-0.2, 0) is 20.7 Å². The molecular weight excluding hydrogens is 302 g/mol. The first-order valence-electron chi connectivity index (χ1n) is 9.24. The summed E-state index contributed by atoms with van der Waals surface area (Å²) in [6.07, 6.45) is 7.17. The zero-order valence-corrected chi connectivity index (χ0v) is 14.1. The van der Waals surface area contributed by atoms with Crippen LogP contribution in [0.5, 0.6) is 0 Å². The molecule has 2 saturated carbocycles. The lowest BCUT2D eigenvalue weighted by Gasteiger charge is -2.21. The fraction of sp³-hybridized carbons (Fsp3) is 0.600. The molecule has 4 rings (SSSR count). The second-order valence-electron chi connectivity index (χ2n) is 7.61. The minimum Gasteiger partial charge on any atom is -0.465 e. The van der Waals surface area contributed by atoms with E-state index < -0.39 is 0 Å². The standard InChI is InChI=1S/C20H25NO3/c22-19-2-1-9-21(19)18-7-4-14(5-8-18)12-20(23)24-13-17-11-15-3-6-16(17)10-15/h4-5,7-8,15-17H,1-3,6,9-13H2/t15-,16-,17+/m0/s1. The van der Waals surface area contributed by atoms with Gasteiger partial charge < -0.3 is 9.64 Å². The topological polar surface area (TPSA) is 46.6 Å². The zero-order valence-electron chi connectivity index (χ0n) is 14.1. The van der Waals surface area contributed by atoms with E-state index in [0.717, 1.165) is 36.1 Å². The number of amides is 1. The second-order valence-corrected chi connectivity index (χ2v) is 7.61. The summed E-state index contributed by atoms with van der Waals surface area (Å²) in [6.45, 7) is 1.39. The van der Waals surface area contributed by atoms with Gasteiger partial charge in [0.25, 0.3) is 0 Å². The number of rotatable bonds is 5. The lowest BCUT2D eigenvalue weighted by Crippen LogP contribution is -2.23. The molecule has 1 aliphatic heterocycles. The van der Waals surface area contributed by atoms with Gasteiger partial charge in [-0.25, -0.2) is 0 Å². The summed E-state index contributed by atoms with van der Waals surface area (Å²) in [7, 11) is 0. The molecule has 2 aliphatic carbocycles. The summed E-state index contributed by atoms with van der Waals surface area (Å²) in [5, 5.41) is 0. The fourth-order valence-electron chi connectivity index (χ4n) is 4.71. The number of nitrogens with zero attached hydrogens (tertiary/aromatic N) is 1. The average molecular weight is 327 g/mol. The largest absolute Gasteiger partial charge is 0.465 e. The molecule has 3 aliphatic rings. The second kappa shape index (κ2) is 6.58. The number of hydrogen-bond acceptors (Lipinski definition) is 3. The Kier molecular flexibility index (Phi) is 4.30. The van der Waals surface area contributed by atoms with Crippen LogP contribution in [0, 0.1) is 17.8 Å². The molecule has 0 aromatic heterocycles. The number of ether oxygens (including phenoxy) is 1. The Hall–Kier alpha value is -1.84. The predicted octanol–water partition coefficient (Wildman–Crippen LogP) is 3.34. The van der Waals surface area contributed by atoms with Crippen LogP contribution >= 0.6 is 0 Å². The van der Waals surface area contributed by atoms with E-state index in [4.69, 9.17) is 4.74 Å². The quantitative estimate of drug-likeness (QED) is 0.779. The fourth-order valence-corrected chi connectivity index (χ4v) is 4.71. The van der Waals surface area contributed by atoms with Crippen LogP contribution in [0.3, 0.4) is 0 Å². The lowest BCUT2D eigenvalue weighted by atomic mass is 9.89. The monoisotopic (exact) mass is 327 g/mol. The van der Waals surface area contributed by atoms with Crippen LogP contribution in [0.2, 0.25) is 0 Å². The van der Waals surface area contributed by atoms with E-state index in [1.165, 1.54) is 25.7 Å². The molecule has 1 amide bonds. The van der Waals surface area contributed by atoms with Crippen molar-refractivity contribution in [2.75, 3.05) is 18.1 Å². The molecule has 3 fully saturated rings. The number of esters is 1. The van der Waals surface area contributed by atoms with Crippen LogP contribution in [0.15, 0.2) is 24.3 Å². The van der Waals surface area contributed by atoms with E-state index in [9.17, 15) is 9.59 Å². The first-order chi connectivity index (χ1) is 11.7. The first kappa shape index (κ1) is 15.7. The van der Waals surface area contributed by atoms with Crippen molar-refractivity contribution in [2.24, 2.45) is 17.8 Å². The van der Waals surface area contributed by atoms with Crippen molar-refractivity contribution < 1.29 is 14.3 Å². The third-order valence-corrected chi connectivity index (χ3v) is 6.01. The highest BCUT2D eigenvalue weighted by atomic mass is 16.5. The number of anilines is 1. The van der Waals surface area contributed by atoms with Gasteiger partial charge in [0.15, 0.2) is 0 Å². The molecule has 0 spiro atoms. The molecule has 0 unspecified atom stereocenters. The number of benzene rings is 1. The van der Waals surface area contributed by atoms with Gasteiger partial charge in [0.05, 0.1) is 13.0 Å². The van der Waals surface area contributed by atoms with Gasteiger partial charge in [-0.2, -0.15) is 0 Å². The maximum absolute atomic E-state index is 12.1. The van der Waals surface area contributed by atoms with Crippen LogP contribution < -0.4 is 4.90 Å². The third kappa shape index (κ3) is 3.19. The maximum atomic E-state index is 12.1. The summed E-state index contributed by atoms with van der Waals surface area (Å²) >= 11 is 0. The Morgan fingerprint density at radius 3 is 2.62 bits per heavy atom. The molecule has 128 valence electrons. The highest BCUT2D eigenvalue weighted by molar-refractivity contribution is 5.95. The molecule has 1 aromatic carbocycles. The van der Waals surface area contributed by atoms with Crippen LogP contribution in [0.4, 0.5) is 5.69 Å². The van der Waals surface area contributed by atoms with E-state index in [1.54, 1.807) is 0 Å². The minimum atomic E-state index is -0.136. The molecule has 4 heteroatoms. The van der Waals surface area contributed by atoms with Crippen molar-refractivity contribution in [3.63, 3.8) is 0 Å². The average Bonchev–Trinajstić information content (AvgIpc) is 3.30. The summed E-state index contributed by atoms with van der Waals surface area (Å²) < 4.78 is 5.53. The number of fused-ring (bicyclic) bond motifs is 2. The van der Waals surface area contributed by atoms with Gasteiger partial charge in [0, 0.05) is 18.7 Å². The van der Waals surface area contributed by atoms with E-state index in [0.29, 0.717) is 25.4 Å². The van der Waals surface area contributed by atoms with Gasteiger partial charge in [0.2, 0.25) is 5.91 Å². The molecule has 3 atom stereocenters. The molecule has 4 nitrogen and oxygen atoms in total. The van der Waals surface area contributed by atoms with E-state index in [1.807, 2.05) is 29.2 Å². The normalized spacial score (nSPS) is 28.6. The number of carbonyl (C=O) groups is 2. The van der Waals surface area contributed by atoms with E-state index in [2.05, 4.69) is 0 Å². The number of carbonyl (C=O) groups excluding carboxylic acids is 2. The Morgan fingerprint density at radius 1 is 1.17 bits per heavy atom. The summed E-state index contributed by atoms with van der Waals surface area (Å²) in [6, 6.07) is 7.73. The SMILES string of the molecule is O=C(Cc1ccc(N2CCCC2=O)cc1)OC[C@H]1C[C@H]2CC[C@H]1C2. The van der Waals surface area contributed by atoms with Gasteiger partial charge in [-0.1, -0.05) is 18.6 Å². The van der Waals surface area contributed by atoms with Crippen LogP contribution in [0.1, 0.15) is 44.1 Å². The van der Waals surface area contributed by atoms with Crippen molar-refractivity contribution in [1.29, 1.82) is 0 Å². The first-order valence-corrected chi connectivity index (χ1v) is 9.24. The van der Waals surface area contributed by atoms with Crippen molar-refractivity contribution in [3.8, 4) is 0 Å². The summed E-state index contributed by atoms with van der Waals surface area (Å²) in [5.41, 5.74) is 1.87. The highest BCUT2D eigenvalue weighted by Gasteiger charge is 2.39. The van der Waals surface area contributed by atoms with Crippen LogP contribution in [0.25, 0.3) is 0 Å². The van der Waals surface area contributed by atoms with Gasteiger partial charge in [-0.05, 0) is 61.1 Å². The van der Waals surface area contributed by atoms with Gasteiger partial charge in [0.1, 0.15) is 0 Å². The molecule has 2 bridgehead atoms. The molecule has 1 saturated heterocycles. The highest BCUT2D eigenvalue weighted by Crippen LogP contribution is 2.48. The molecule has 0 N–H and O–H groups in total. The van der Waals surface area contributed by atoms with Crippen LogP contribution in [-0.4, -0.2) is 25.0 Å². The number of hydrogen-bond donors (Lipinski definition) is 0. The Morgan fingerprint density at radius 2 is 2.00 bits per heavy atom. The van der Waals surface area contributed by atoms with Crippen molar-refractivity contribution >= 4 is 17.6 Å². The smallest absolute Gasteiger partial charge is 0.310 e. The summed E-state index contributed by atoms with van der Waals surface area (Å²) in [4.78, 5) is 25.7. The molecule has 1 heterocycles. The van der Waals surface area contributed by atoms with E-state index >= 15 is 0 Å². The zero-order chi connectivity index (χ0) is 16.5. The van der Waals surface area contributed by atoms with Gasteiger partial charge >= 0.3 is 5.97 Å². The molecule has 0 radical (unpaired) electrons. The van der Waals surface area contributed by atoms with Crippen molar-refractivity contribution in [2.45, 2.75) is 44.9 Å². The third-order valence-electron chi connectivity index (χ3n) is 6.01. The minimum absolute atomic E-state index is 0.136. The summed E-state index contributed by atoms with van der Waals surface area (Å²) in [5.74, 6) is 2.33.